The van der Waals surface area contributed by atoms with Crippen molar-refractivity contribution in [3.8, 4) is 22.4 Å². The molecule has 20 heavy (non-hydrogen) atoms. The molecule has 0 spiro atoms. The highest BCUT2D eigenvalue weighted by Crippen LogP contribution is 2.36. The molecule has 3 aromatic rings. The molecule has 0 unspecified atom stereocenters. The van der Waals surface area contributed by atoms with Crippen molar-refractivity contribution in [2.24, 2.45) is 0 Å². The second-order valence-electron chi connectivity index (χ2n) is 5.42. The zero-order chi connectivity index (χ0) is 13.5. The molecule has 1 aliphatic rings. The minimum Gasteiger partial charge on any atom is -0.194 e. The fourth-order valence-electron chi connectivity index (χ4n) is 3.03. The molecule has 2 aromatic carbocycles. The summed E-state index contributed by atoms with van der Waals surface area (Å²) in [6.45, 7) is 3.11. The maximum Gasteiger partial charge on any atom is 0.213 e. The van der Waals surface area contributed by atoms with Crippen LogP contribution >= 0.6 is 0 Å². The van der Waals surface area contributed by atoms with E-state index >= 15 is 0 Å². The number of pyridine rings is 1. The van der Waals surface area contributed by atoms with Crippen molar-refractivity contribution in [3.63, 3.8) is 0 Å². The number of hydrogen-bond donors (Lipinski definition) is 0. The van der Waals surface area contributed by atoms with E-state index in [9.17, 15) is 0 Å². The lowest BCUT2D eigenvalue weighted by atomic mass is 9.94. The molecule has 96 valence electrons. The van der Waals surface area contributed by atoms with E-state index in [1.165, 1.54) is 33.5 Å². The second kappa shape index (κ2) is 4.31. The fraction of sp³-hybridized carbons (Fsp3) is 0.105. The van der Waals surface area contributed by atoms with Gasteiger partial charge >= 0.3 is 0 Å². The van der Waals surface area contributed by atoms with Gasteiger partial charge in [-0.25, -0.2) is 0 Å². The van der Waals surface area contributed by atoms with E-state index in [1.807, 2.05) is 0 Å². The average Bonchev–Trinajstić information content (AvgIpc) is 2.86. The molecule has 2 heterocycles. The first kappa shape index (κ1) is 11.4. The third-order valence-electron chi connectivity index (χ3n) is 4.05. The summed E-state index contributed by atoms with van der Waals surface area (Å²) in [6, 6.07) is 21.9. The van der Waals surface area contributed by atoms with E-state index in [0.29, 0.717) is 0 Å². The summed E-state index contributed by atoms with van der Waals surface area (Å²) in [5, 5.41) is 0. The number of nitrogens with zero attached hydrogens (tertiary/aromatic N) is 1. The fourth-order valence-corrected chi connectivity index (χ4v) is 3.03. The van der Waals surface area contributed by atoms with E-state index in [0.717, 1.165) is 6.54 Å². The molecule has 1 heteroatoms. The first-order chi connectivity index (χ1) is 9.83. The lowest BCUT2D eigenvalue weighted by Crippen LogP contribution is -2.31. The Hall–Kier alpha value is -2.41. The Bertz CT molecular complexity index is 785. The van der Waals surface area contributed by atoms with Crippen LogP contribution < -0.4 is 4.57 Å². The molecule has 0 saturated heterocycles. The van der Waals surface area contributed by atoms with Crippen LogP contribution in [0.2, 0.25) is 0 Å². The Morgan fingerprint density at radius 3 is 2.55 bits per heavy atom. The van der Waals surface area contributed by atoms with Gasteiger partial charge < -0.3 is 0 Å². The van der Waals surface area contributed by atoms with Crippen molar-refractivity contribution >= 4 is 0 Å². The van der Waals surface area contributed by atoms with Gasteiger partial charge in [-0.3, -0.25) is 0 Å². The Balaban J connectivity index is 1.97. The number of aryl methyl sites for hydroxylation is 1. The molecule has 1 nitrogen and oxygen atoms in total. The minimum absolute atomic E-state index is 0.977. The van der Waals surface area contributed by atoms with Crippen LogP contribution in [0.25, 0.3) is 22.4 Å². The second-order valence-corrected chi connectivity index (χ2v) is 5.42. The summed E-state index contributed by atoms with van der Waals surface area (Å²) >= 11 is 0. The highest BCUT2D eigenvalue weighted by Gasteiger charge is 2.27. The van der Waals surface area contributed by atoms with Gasteiger partial charge in [-0.05, 0) is 24.1 Å². The number of hydrogen-bond acceptors (Lipinski definition) is 0. The van der Waals surface area contributed by atoms with Crippen LogP contribution in [0.5, 0.6) is 0 Å². The molecule has 0 aliphatic carbocycles. The summed E-state index contributed by atoms with van der Waals surface area (Å²) in [5.74, 6) is 0. The Kier molecular flexibility index (Phi) is 2.46. The first-order valence-corrected chi connectivity index (χ1v) is 7.01. The van der Waals surface area contributed by atoms with Gasteiger partial charge in [0.1, 0.15) is 0 Å². The molecule has 0 saturated carbocycles. The number of fused-ring (bicyclic) bond motifs is 3. The third-order valence-corrected chi connectivity index (χ3v) is 4.05. The van der Waals surface area contributed by atoms with Crippen LogP contribution in [-0.4, -0.2) is 0 Å². The van der Waals surface area contributed by atoms with Crippen molar-refractivity contribution in [3.05, 3.63) is 78.0 Å². The molecule has 1 aromatic heterocycles. The van der Waals surface area contributed by atoms with Crippen LogP contribution in [0.15, 0.2) is 66.9 Å². The predicted molar refractivity (Wildman–Crippen MR) is 81.3 cm³/mol. The molecular weight excluding hydrogens is 242 g/mol. The van der Waals surface area contributed by atoms with Gasteiger partial charge in [0.05, 0.1) is 5.56 Å². The molecule has 0 radical (unpaired) electrons. The van der Waals surface area contributed by atoms with Crippen molar-refractivity contribution < 1.29 is 4.57 Å². The lowest BCUT2D eigenvalue weighted by Gasteiger charge is -2.06. The molecular formula is C19H16N+. The highest BCUT2D eigenvalue weighted by molar-refractivity contribution is 5.84. The molecule has 0 N–H and O–H groups in total. The monoisotopic (exact) mass is 258 g/mol. The van der Waals surface area contributed by atoms with Crippen molar-refractivity contribution in [1.29, 1.82) is 0 Å². The summed E-state index contributed by atoms with van der Waals surface area (Å²) in [5.41, 5.74) is 8.05. The Morgan fingerprint density at radius 1 is 0.850 bits per heavy atom. The zero-order valence-corrected chi connectivity index (χ0v) is 11.5. The predicted octanol–water partition coefficient (Wildman–Crippen LogP) is 3.98. The first-order valence-electron chi connectivity index (χ1n) is 7.01. The highest BCUT2D eigenvalue weighted by atomic mass is 15.0. The van der Waals surface area contributed by atoms with Crippen molar-refractivity contribution in [2.75, 3.05) is 0 Å². The van der Waals surface area contributed by atoms with Crippen LogP contribution in [-0.2, 0) is 6.54 Å². The minimum atomic E-state index is 0.977. The third kappa shape index (κ3) is 1.67. The smallest absolute Gasteiger partial charge is 0.194 e. The largest absolute Gasteiger partial charge is 0.213 e. The molecule has 0 fully saturated rings. The van der Waals surface area contributed by atoms with E-state index in [4.69, 9.17) is 0 Å². The van der Waals surface area contributed by atoms with Gasteiger partial charge in [-0.1, -0.05) is 48.0 Å². The normalized spacial score (nSPS) is 12.1. The van der Waals surface area contributed by atoms with Gasteiger partial charge in [0.15, 0.2) is 12.7 Å². The van der Waals surface area contributed by atoms with E-state index < -0.39 is 0 Å². The molecule has 0 bridgehead atoms. The van der Waals surface area contributed by atoms with Gasteiger partial charge in [-0.15, -0.1) is 0 Å². The maximum atomic E-state index is 2.32. The lowest BCUT2D eigenvalue weighted by molar-refractivity contribution is -0.672. The van der Waals surface area contributed by atoms with Crippen LogP contribution in [0.3, 0.4) is 0 Å². The summed E-state index contributed by atoms with van der Waals surface area (Å²) in [4.78, 5) is 0. The summed E-state index contributed by atoms with van der Waals surface area (Å²) in [7, 11) is 0. The van der Waals surface area contributed by atoms with Crippen molar-refractivity contribution in [1.82, 2.24) is 0 Å². The quantitative estimate of drug-likeness (QED) is 0.455. The molecule has 0 atom stereocenters. The van der Waals surface area contributed by atoms with Gasteiger partial charge in [0.2, 0.25) is 5.69 Å². The van der Waals surface area contributed by atoms with Crippen LogP contribution in [0.4, 0.5) is 0 Å². The van der Waals surface area contributed by atoms with Crippen molar-refractivity contribution in [2.45, 2.75) is 13.5 Å². The van der Waals surface area contributed by atoms with Crippen LogP contribution in [0.1, 0.15) is 11.1 Å². The summed E-state index contributed by atoms with van der Waals surface area (Å²) in [6.07, 6.45) is 2.16. The number of rotatable bonds is 1. The summed E-state index contributed by atoms with van der Waals surface area (Å²) < 4.78 is 2.32. The molecule has 1 aliphatic heterocycles. The molecule has 4 rings (SSSR count). The SMILES string of the molecule is Cc1ccc(-c2cccc3c2-c2cccc[n+]2C3)cc1. The Labute approximate surface area is 119 Å². The average molecular weight is 258 g/mol. The van der Waals surface area contributed by atoms with Gasteiger partial charge in [-0.2, -0.15) is 4.57 Å². The molecule has 0 amide bonds. The number of benzene rings is 2. The van der Waals surface area contributed by atoms with Crippen LogP contribution in [0, 0.1) is 6.92 Å². The van der Waals surface area contributed by atoms with Gasteiger partial charge in [0, 0.05) is 17.7 Å². The standard InChI is InChI=1S/C19H16N/c1-14-8-10-15(11-9-14)17-6-4-5-16-13-20-12-3-2-7-18(20)19(16)17/h2-12H,13H2,1H3/q+1. The topological polar surface area (TPSA) is 3.88 Å². The van der Waals surface area contributed by atoms with E-state index in [1.54, 1.807) is 0 Å². The maximum absolute atomic E-state index is 2.32. The van der Waals surface area contributed by atoms with E-state index in [2.05, 4.69) is 78.4 Å². The Morgan fingerprint density at radius 2 is 1.70 bits per heavy atom. The van der Waals surface area contributed by atoms with E-state index in [-0.39, 0.29) is 0 Å². The van der Waals surface area contributed by atoms with Gasteiger partial charge in [0.25, 0.3) is 0 Å². The zero-order valence-electron chi connectivity index (χ0n) is 11.5. The number of aromatic nitrogens is 1.